The van der Waals surface area contributed by atoms with Gasteiger partial charge in [0.25, 0.3) is 0 Å². The zero-order valence-electron chi connectivity index (χ0n) is 11.9. The molecule has 1 aromatic heterocycles. The van der Waals surface area contributed by atoms with Crippen molar-refractivity contribution in [3.8, 4) is 0 Å². The van der Waals surface area contributed by atoms with Crippen LogP contribution in [0.5, 0.6) is 0 Å². The van der Waals surface area contributed by atoms with Gasteiger partial charge in [0.1, 0.15) is 16.1 Å². The molecule has 1 N–H and O–H groups in total. The zero-order valence-corrected chi connectivity index (χ0v) is 13.5. The number of rotatable bonds is 3. The normalized spacial score (nSPS) is 18.4. The van der Waals surface area contributed by atoms with E-state index in [1.54, 1.807) is 12.1 Å². The van der Waals surface area contributed by atoms with E-state index in [0.717, 1.165) is 16.1 Å². The van der Waals surface area contributed by atoms with Crippen molar-refractivity contribution in [2.75, 3.05) is 6.54 Å². The smallest absolute Gasteiger partial charge is 0.326 e. The number of aliphatic carboxylic acids is 1. The molecule has 0 fully saturated rings. The molecule has 1 aromatic carbocycles. The molecule has 0 aliphatic carbocycles. The molecule has 0 radical (unpaired) electrons. The quantitative estimate of drug-likeness (QED) is 0.855. The maximum Gasteiger partial charge on any atom is 0.326 e. The van der Waals surface area contributed by atoms with Gasteiger partial charge in [-0.2, -0.15) is 4.31 Å². The average molecular weight is 353 g/mol. The predicted octanol–water partition coefficient (Wildman–Crippen LogP) is 2.11. The van der Waals surface area contributed by atoms with Gasteiger partial charge in [-0.1, -0.05) is 35.9 Å². The van der Waals surface area contributed by atoms with Crippen LogP contribution in [0.4, 0.5) is 0 Å². The number of carboxylic acid groups (broad SMARTS) is 1. The summed E-state index contributed by atoms with van der Waals surface area (Å²) >= 11 is 5.68. The topological polar surface area (TPSA) is 87.6 Å². The van der Waals surface area contributed by atoms with Gasteiger partial charge in [-0.15, -0.1) is 0 Å². The number of benzene rings is 1. The van der Waals surface area contributed by atoms with Crippen molar-refractivity contribution in [3.63, 3.8) is 0 Å². The van der Waals surface area contributed by atoms with Crippen LogP contribution in [0.25, 0.3) is 0 Å². The summed E-state index contributed by atoms with van der Waals surface area (Å²) in [5.41, 5.74) is 1.34. The summed E-state index contributed by atoms with van der Waals surface area (Å²) in [7, 11) is -3.98. The van der Waals surface area contributed by atoms with Gasteiger partial charge < -0.3 is 5.11 Å². The third-order valence-electron chi connectivity index (χ3n) is 3.78. The third-order valence-corrected chi connectivity index (χ3v) is 5.85. The van der Waals surface area contributed by atoms with Gasteiger partial charge in [-0.05, 0) is 29.7 Å². The summed E-state index contributed by atoms with van der Waals surface area (Å²) in [5.74, 6) is -1.21. The molecular weight excluding hydrogens is 340 g/mol. The highest BCUT2D eigenvalue weighted by molar-refractivity contribution is 7.89. The lowest BCUT2D eigenvalue weighted by atomic mass is 9.94. The number of sulfonamides is 1. The SMILES string of the molecule is O=C(O)C1c2ccccc2CCN1S(=O)(=O)c1ccc(Cl)nc1. The maximum atomic E-state index is 12.8. The third kappa shape index (κ3) is 2.83. The van der Waals surface area contributed by atoms with E-state index in [0.29, 0.717) is 12.0 Å². The first-order valence-corrected chi connectivity index (χ1v) is 8.67. The molecule has 6 nitrogen and oxygen atoms in total. The van der Waals surface area contributed by atoms with E-state index in [1.165, 1.54) is 12.1 Å². The Morgan fingerprint density at radius 1 is 1.26 bits per heavy atom. The van der Waals surface area contributed by atoms with E-state index in [1.807, 2.05) is 12.1 Å². The summed E-state index contributed by atoms with van der Waals surface area (Å²) in [6.45, 7) is 0.0962. The number of carboxylic acids is 1. The van der Waals surface area contributed by atoms with Crippen molar-refractivity contribution >= 4 is 27.6 Å². The molecule has 2 aromatic rings. The van der Waals surface area contributed by atoms with Gasteiger partial charge in [0.15, 0.2) is 0 Å². The van der Waals surface area contributed by atoms with Crippen LogP contribution in [0.3, 0.4) is 0 Å². The lowest BCUT2D eigenvalue weighted by molar-refractivity contribution is -0.142. The predicted molar refractivity (Wildman–Crippen MR) is 83.7 cm³/mol. The molecule has 1 aliphatic heterocycles. The molecule has 23 heavy (non-hydrogen) atoms. The average Bonchev–Trinajstić information content (AvgIpc) is 2.54. The van der Waals surface area contributed by atoms with Crippen molar-refractivity contribution in [1.29, 1.82) is 0 Å². The highest BCUT2D eigenvalue weighted by atomic mass is 35.5. The van der Waals surface area contributed by atoms with Crippen LogP contribution in [0.15, 0.2) is 47.5 Å². The largest absolute Gasteiger partial charge is 0.480 e. The first kappa shape index (κ1) is 15.9. The second-order valence-electron chi connectivity index (χ2n) is 5.12. The molecule has 0 saturated carbocycles. The number of hydrogen-bond donors (Lipinski definition) is 1. The van der Waals surface area contributed by atoms with Gasteiger partial charge in [-0.25, -0.2) is 13.4 Å². The number of pyridine rings is 1. The Morgan fingerprint density at radius 2 is 2.00 bits per heavy atom. The first-order valence-electron chi connectivity index (χ1n) is 6.85. The molecule has 1 aliphatic rings. The molecule has 1 atom stereocenters. The van der Waals surface area contributed by atoms with Crippen LogP contribution in [0, 0.1) is 0 Å². The van der Waals surface area contributed by atoms with Crippen LogP contribution < -0.4 is 0 Å². The fourth-order valence-corrected chi connectivity index (χ4v) is 4.33. The molecule has 0 spiro atoms. The fourth-order valence-electron chi connectivity index (χ4n) is 2.71. The Kier molecular flexibility index (Phi) is 4.09. The molecular formula is C15H13ClN2O4S. The van der Waals surface area contributed by atoms with Crippen molar-refractivity contribution in [3.05, 3.63) is 58.9 Å². The molecule has 1 unspecified atom stereocenters. The second-order valence-corrected chi connectivity index (χ2v) is 7.40. The first-order chi connectivity index (χ1) is 10.9. The van der Waals surface area contributed by atoms with Gasteiger partial charge >= 0.3 is 5.97 Å². The monoisotopic (exact) mass is 352 g/mol. The molecule has 0 saturated heterocycles. The van der Waals surface area contributed by atoms with Gasteiger partial charge in [-0.3, -0.25) is 4.79 Å². The molecule has 3 rings (SSSR count). The molecule has 120 valence electrons. The molecule has 0 bridgehead atoms. The minimum absolute atomic E-state index is 0.0764. The van der Waals surface area contributed by atoms with E-state index in [2.05, 4.69) is 4.98 Å². The van der Waals surface area contributed by atoms with E-state index in [4.69, 9.17) is 11.6 Å². The lowest BCUT2D eigenvalue weighted by Gasteiger charge is -2.33. The van der Waals surface area contributed by atoms with Crippen molar-refractivity contribution in [2.45, 2.75) is 17.4 Å². The van der Waals surface area contributed by atoms with E-state index >= 15 is 0 Å². The standard InChI is InChI=1S/C15H13ClN2O4S/c16-13-6-5-11(9-17-13)23(21,22)18-8-7-10-3-1-2-4-12(10)14(18)15(19)20/h1-6,9,14H,7-8H2,(H,19,20). The van der Waals surface area contributed by atoms with Crippen molar-refractivity contribution in [1.82, 2.24) is 9.29 Å². The number of carbonyl (C=O) groups is 1. The summed E-state index contributed by atoms with van der Waals surface area (Å²) in [6, 6.07) is 8.42. The number of nitrogens with zero attached hydrogens (tertiary/aromatic N) is 2. The lowest BCUT2D eigenvalue weighted by Crippen LogP contribution is -2.43. The van der Waals surface area contributed by atoms with Crippen molar-refractivity contribution in [2.24, 2.45) is 0 Å². The van der Waals surface area contributed by atoms with Crippen LogP contribution in [-0.2, 0) is 21.2 Å². The fraction of sp³-hybridized carbons (Fsp3) is 0.200. The number of hydrogen-bond acceptors (Lipinski definition) is 4. The molecule has 0 amide bonds. The number of aromatic nitrogens is 1. The Labute approximate surface area is 138 Å². The van der Waals surface area contributed by atoms with Gasteiger partial charge in [0.05, 0.1) is 0 Å². The minimum Gasteiger partial charge on any atom is -0.480 e. The van der Waals surface area contributed by atoms with E-state index < -0.39 is 22.0 Å². The maximum absolute atomic E-state index is 12.8. The Bertz CT molecular complexity index is 852. The highest BCUT2D eigenvalue weighted by Crippen LogP contribution is 2.34. The molecule has 2 heterocycles. The summed E-state index contributed by atoms with van der Waals surface area (Å²) in [4.78, 5) is 15.4. The molecule has 8 heteroatoms. The zero-order chi connectivity index (χ0) is 16.6. The number of halogens is 1. The highest BCUT2D eigenvalue weighted by Gasteiger charge is 2.40. The number of fused-ring (bicyclic) bond motifs is 1. The Balaban J connectivity index is 2.08. The van der Waals surface area contributed by atoms with Gasteiger partial charge in [0, 0.05) is 12.7 Å². The minimum atomic E-state index is -3.98. The van der Waals surface area contributed by atoms with Crippen molar-refractivity contribution < 1.29 is 18.3 Å². The summed E-state index contributed by atoms with van der Waals surface area (Å²) < 4.78 is 26.6. The summed E-state index contributed by atoms with van der Waals surface area (Å²) in [6.07, 6.45) is 1.59. The van der Waals surface area contributed by atoms with Crippen LogP contribution >= 0.6 is 11.6 Å². The van der Waals surface area contributed by atoms with Gasteiger partial charge in [0.2, 0.25) is 10.0 Å². The van der Waals surface area contributed by atoms with E-state index in [-0.39, 0.29) is 16.6 Å². The Morgan fingerprint density at radius 3 is 2.65 bits per heavy atom. The summed E-state index contributed by atoms with van der Waals surface area (Å²) in [5, 5.41) is 9.74. The Hall–Kier alpha value is -1.96. The van der Waals surface area contributed by atoms with Crippen LogP contribution in [-0.4, -0.2) is 35.3 Å². The van der Waals surface area contributed by atoms with Crippen LogP contribution in [0.1, 0.15) is 17.2 Å². The van der Waals surface area contributed by atoms with E-state index in [9.17, 15) is 18.3 Å². The second kappa shape index (κ2) is 5.92. The van der Waals surface area contributed by atoms with Crippen LogP contribution in [0.2, 0.25) is 5.15 Å².